The van der Waals surface area contributed by atoms with Gasteiger partial charge in [-0.25, -0.2) is 4.98 Å². The number of carbonyl (C=O) groups is 1. The Morgan fingerprint density at radius 3 is 2.60 bits per heavy atom. The molecule has 0 atom stereocenters. The van der Waals surface area contributed by atoms with Gasteiger partial charge in [-0.15, -0.1) is 21.5 Å². The van der Waals surface area contributed by atoms with Crippen molar-refractivity contribution in [2.24, 2.45) is 0 Å². The van der Waals surface area contributed by atoms with E-state index in [1.165, 1.54) is 11.8 Å². The van der Waals surface area contributed by atoms with Crippen molar-refractivity contribution in [3.05, 3.63) is 84.6 Å². The summed E-state index contributed by atoms with van der Waals surface area (Å²) in [4.78, 5) is 18.2. The third-order valence-electron chi connectivity index (χ3n) is 5.42. The summed E-state index contributed by atoms with van der Waals surface area (Å²) >= 11 is 2.91. The van der Waals surface area contributed by atoms with Crippen LogP contribution in [0.1, 0.15) is 5.69 Å². The third-order valence-corrected chi connectivity index (χ3v) is 7.55. The van der Waals surface area contributed by atoms with Gasteiger partial charge in [0.2, 0.25) is 5.91 Å². The number of aromatic nitrogens is 3. The normalized spacial score (nSPS) is 10.9. The second kappa shape index (κ2) is 10.2. The summed E-state index contributed by atoms with van der Waals surface area (Å²) in [5.41, 5.74) is 3.40. The van der Waals surface area contributed by atoms with Crippen molar-refractivity contribution in [2.75, 3.05) is 18.2 Å². The number of nitrogens with zero attached hydrogens (tertiary/aromatic N) is 3. The first-order valence-electron chi connectivity index (χ1n) is 11.0. The van der Waals surface area contributed by atoms with Gasteiger partial charge < -0.3 is 10.1 Å². The van der Waals surface area contributed by atoms with E-state index in [2.05, 4.69) is 15.5 Å². The first-order chi connectivity index (χ1) is 17.1. The molecule has 0 saturated carbocycles. The van der Waals surface area contributed by atoms with Crippen LogP contribution in [0.5, 0.6) is 5.75 Å². The smallest absolute Gasteiger partial charge is 0.234 e. The van der Waals surface area contributed by atoms with E-state index in [-0.39, 0.29) is 11.7 Å². The third kappa shape index (κ3) is 5.03. The number of aryl methyl sites for hydroxylation is 1. The van der Waals surface area contributed by atoms with Crippen LogP contribution in [0.15, 0.2) is 83.9 Å². The molecule has 2 aromatic heterocycles. The molecular formula is C27H22N4O2S2. The highest BCUT2D eigenvalue weighted by molar-refractivity contribution is 7.99. The van der Waals surface area contributed by atoms with Gasteiger partial charge in [0.15, 0.2) is 0 Å². The zero-order valence-electron chi connectivity index (χ0n) is 19.2. The Morgan fingerprint density at radius 1 is 0.971 bits per heavy atom. The average molecular weight is 499 g/mol. The molecule has 0 radical (unpaired) electrons. The first-order valence-corrected chi connectivity index (χ1v) is 12.8. The SMILES string of the molecule is COc1ccccc1-c1nc(C)c(-c2ccc(SCC(=O)Nc3cccc4ccccc34)nn2)s1. The molecule has 0 bridgehead atoms. The fourth-order valence-corrected chi connectivity index (χ4v) is 5.42. The number of methoxy groups -OCH3 is 1. The molecule has 3 aromatic carbocycles. The van der Waals surface area contributed by atoms with Crippen molar-refractivity contribution in [2.45, 2.75) is 11.9 Å². The fraction of sp³-hybridized carbons (Fsp3) is 0.111. The first kappa shape index (κ1) is 23.0. The lowest BCUT2D eigenvalue weighted by atomic mass is 10.1. The van der Waals surface area contributed by atoms with Crippen molar-refractivity contribution in [1.82, 2.24) is 15.2 Å². The summed E-state index contributed by atoms with van der Waals surface area (Å²) in [5, 5.41) is 15.4. The predicted octanol–water partition coefficient (Wildman–Crippen LogP) is 6.47. The number of benzene rings is 3. The van der Waals surface area contributed by atoms with Crippen LogP contribution in [-0.2, 0) is 4.79 Å². The number of thioether (sulfide) groups is 1. The van der Waals surface area contributed by atoms with Gasteiger partial charge >= 0.3 is 0 Å². The number of hydrogen-bond acceptors (Lipinski definition) is 7. The van der Waals surface area contributed by atoms with E-state index in [4.69, 9.17) is 9.72 Å². The topological polar surface area (TPSA) is 77.0 Å². The Labute approximate surface area is 211 Å². The number of hydrogen-bond donors (Lipinski definition) is 1. The molecule has 0 fully saturated rings. The molecule has 5 rings (SSSR count). The van der Waals surface area contributed by atoms with Gasteiger partial charge in [-0.05, 0) is 42.6 Å². The largest absolute Gasteiger partial charge is 0.496 e. The van der Waals surface area contributed by atoms with Crippen molar-refractivity contribution in [1.29, 1.82) is 0 Å². The Bertz CT molecular complexity index is 1490. The van der Waals surface area contributed by atoms with Gasteiger partial charge in [-0.2, -0.15) is 0 Å². The maximum absolute atomic E-state index is 12.6. The van der Waals surface area contributed by atoms with Gasteiger partial charge in [0.25, 0.3) is 0 Å². The highest BCUT2D eigenvalue weighted by Crippen LogP contribution is 2.38. The summed E-state index contributed by atoms with van der Waals surface area (Å²) in [6.07, 6.45) is 0. The van der Waals surface area contributed by atoms with E-state index in [0.29, 0.717) is 5.03 Å². The van der Waals surface area contributed by atoms with Crippen LogP contribution >= 0.6 is 23.1 Å². The lowest BCUT2D eigenvalue weighted by Crippen LogP contribution is -2.14. The lowest BCUT2D eigenvalue weighted by Gasteiger charge is -2.08. The van der Waals surface area contributed by atoms with E-state index >= 15 is 0 Å². The van der Waals surface area contributed by atoms with Crippen LogP contribution in [0.3, 0.4) is 0 Å². The van der Waals surface area contributed by atoms with Crippen molar-refractivity contribution < 1.29 is 9.53 Å². The molecular weight excluding hydrogens is 476 g/mol. The summed E-state index contributed by atoms with van der Waals surface area (Å²) in [7, 11) is 1.66. The Kier molecular flexibility index (Phi) is 6.74. The Balaban J connectivity index is 1.26. The summed E-state index contributed by atoms with van der Waals surface area (Å²) in [5.74, 6) is 0.943. The standard InChI is InChI=1S/C27H22N4O2S2/c1-17-26(35-27(28-17)20-11-5-6-13-23(20)33-2)22-14-15-25(31-30-22)34-16-24(32)29-21-12-7-9-18-8-3-4-10-19(18)21/h3-15H,16H2,1-2H3,(H,29,32). The molecule has 6 nitrogen and oxygen atoms in total. The minimum atomic E-state index is -0.0861. The number of para-hydroxylation sites is 1. The van der Waals surface area contributed by atoms with Crippen LogP contribution in [0, 0.1) is 6.92 Å². The minimum Gasteiger partial charge on any atom is -0.496 e. The molecule has 1 amide bonds. The lowest BCUT2D eigenvalue weighted by molar-refractivity contribution is -0.113. The van der Waals surface area contributed by atoms with Gasteiger partial charge in [-0.3, -0.25) is 4.79 Å². The summed E-state index contributed by atoms with van der Waals surface area (Å²) < 4.78 is 5.48. The molecule has 0 spiro atoms. The maximum Gasteiger partial charge on any atom is 0.234 e. The molecule has 0 unspecified atom stereocenters. The number of nitrogens with one attached hydrogen (secondary N) is 1. The van der Waals surface area contributed by atoms with Crippen LogP contribution in [0.4, 0.5) is 5.69 Å². The monoisotopic (exact) mass is 498 g/mol. The van der Waals surface area contributed by atoms with Crippen molar-refractivity contribution >= 4 is 45.5 Å². The fourth-order valence-electron chi connectivity index (χ4n) is 3.75. The average Bonchev–Trinajstić information content (AvgIpc) is 3.29. The molecule has 5 aromatic rings. The van der Waals surface area contributed by atoms with Gasteiger partial charge in [0, 0.05) is 11.1 Å². The molecule has 0 aliphatic heterocycles. The van der Waals surface area contributed by atoms with Crippen molar-refractivity contribution in [3.8, 4) is 26.9 Å². The summed E-state index contributed by atoms with van der Waals surface area (Å²) in [6.45, 7) is 1.96. The van der Waals surface area contributed by atoms with E-state index in [0.717, 1.165) is 49.0 Å². The van der Waals surface area contributed by atoms with Crippen molar-refractivity contribution in [3.63, 3.8) is 0 Å². The van der Waals surface area contributed by atoms with Gasteiger partial charge in [0.1, 0.15) is 21.5 Å². The number of rotatable bonds is 7. The molecule has 2 heterocycles. The molecule has 0 saturated heterocycles. The van der Waals surface area contributed by atoms with Crippen LogP contribution in [0.25, 0.3) is 31.9 Å². The Hall–Kier alpha value is -3.75. The highest BCUT2D eigenvalue weighted by atomic mass is 32.2. The molecule has 35 heavy (non-hydrogen) atoms. The minimum absolute atomic E-state index is 0.0861. The number of thiazole rings is 1. The number of amides is 1. The molecule has 0 aliphatic rings. The Morgan fingerprint density at radius 2 is 1.77 bits per heavy atom. The number of carbonyl (C=O) groups excluding carboxylic acids is 1. The molecule has 1 N–H and O–H groups in total. The van der Waals surface area contributed by atoms with Gasteiger partial charge in [0.05, 0.1) is 29.0 Å². The van der Waals surface area contributed by atoms with E-state index < -0.39 is 0 Å². The number of anilines is 1. The summed E-state index contributed by atoms with van der Waals surface area (Å²) in [6, 6.07) is 25.5. The predicted molar refractivity (Wildman–Crippen MR) is 143 cm³/mol. The molecule has 174 valence electrons. The second-order valence-electron chi connectivity index (χ2n) is 7.75. The van der Waals surface area contributed by atoms with Crippen LogP contribution in [-0.4, -0.2) is 34.0 Å². The van der Waals surface area contributed by atoms with Gasteiger partial charge in [-0.1, -0.05) is 60.3 Å². The van der Waals surface area contributed by atoms with E-state index in [1.54, 1.807) is 18.4 Å². The van der Waals surface area contributed by atoms with Crippen LogP contribution < -0.4 is 10.1 Å². The zero-order chi connectivity index (χ0) is 24.2. The maximum atomic E-state index is 12.6. The number of fused-ring (bicyclic) bond motifs is 1. The zero-order valence-corrected chi connectivity index (χ0v) is 20.8. The van der Waals surface area contributed by atoms with E-state index in [1.807, 2.05) is 85.8 Å². The quantitative estimate of drug-likeness (QED) is 0.259. The second-order valence-corrected chi connectivity index (χ2v) is 9.75. The molecule has 0 aliphatic carbocycles. The van der Waals surface area contributed by atoms with Crippen LogP contribution in [0.2, 0.25) is 0 Å². The molecule has 8 heteroatoms. The highest BCUT2D eigenvalue weighted by Gasteiger charge is 2.16. The van der Waals surface area contributed by atoms with E-state index in [9.17, 15) is 4.79 Å². The number of ether oxygens (including phenoxy) is 1.